The number of fused-ring (bicyclic) bond motifs is 3. The number of aliphatic hydroxyl groups is 2. The summed E-state index contributed by atoms with van der Waals surface area (Å²) in [5, 5.41) is 23.9. The van der Waals surface area contributed by atoms with E-state index in [1.54, 1.807) is 24.3 Å². The van der Waals surface area contributed by atoms with E-state index in [1.165, 1.54) is 12.4 Å². The van der Waals surface area contributed by atoms with Crippen LogP contribution in [0.1, 0.15) is 11.1 Å². The van der Waals surface area contributed by atoms with Crippen LogP contribution in [0.5, 0.6) is 28.9 Å². The maximum atomic E-state index is 11.7. The van der Waals surface area contributed by atoms with Crippen LogP contribution >= 0.6 is 11.6 Å². The molecular formula is C36H30ClN3O8. The Morgan fingerprint density at radius 3 is 2.67 bits per heavy atom. The molecule has 11 nitrogen and oxygen atoms in total. The predicted molar refractivity (Wildman–Crippen MR) is 179 cm³/mol. The lowest BCUT2D eigenvalue weighted by atomic mass is 10.0. The molecule has 0 unspecified atom stereocenters. The van der Waals surface area contributed by atoms with Crippen molar-refractivity contribution in [3.8, 4) is 40.0 Å². The number of benzene rings is 4. The molecule has 12 heteroatoms. The highest BCUT2D eigenvalue weighted by Gasteiger charge is 2.18. The van der Waals surface area contributed by atoms with E-state index in [0.717, 1.165) is 22.1 Å². The van der Waals surface area contributed by atoms with E-state index in [1.807, 2.05) is 48.5 Å². The number of ether oxygens (including phenoxy) is 4. The second-order valence-electron chi connectivity index (χ2n) is 11.1. The van der Waals surface area contributed by atoms with Gasteiger partial charge >= 0.3 is 5.63 Å². The Morgan fingerprint density at radius 1 is 0.938 bits per heavy atom. The van der Waals surface area contributed by atoms with Crippen LogP contribution in [0.15, 0.2) is 94.4 Å². The van der Waals surface area contributed by atoms with Crippen LogP contribution in [0.3, 0.4) is 0 Å². The number of hydrogen-bond acceptors (Lipinski definition) is 11. The molecule has 0 amide bonds. The highest BCUT2D eigenvalue weighted by molar-refractivity contribution is 6.32. The Labute approximate surface area is 279 Å². The number of aliphatic hydroxyl groups excluding tert-OH is 2. The van der Waals surface area contributed by atoms with Crippen molar-refractivity contribution in [3.05, 3.63) is 112 Å². The topological polar surface area (TPSA) is 145 Å². The fourth-order valence-electron chi connectivity index (χ4n) is 5.41. The van der Waals surface area contributed by atoms with Crippen molar-refractivity contribution in [2.45, 2.75) is 19.3 Å². The van der Waals surface area contributed by atoms with Crippen LogP contribution in [0.4, 0.5) is 0 Å². The summed E-state index contributed by atoms with van der Waals surface area (Å²) in [6, 6.07) is 23.5. The van der Waals surface area contributed by atoms with Gasteiger partial charge in [-0.2, -0.15) is 0 Å². The molecule has 1 aliphatic heterocycles. The minimum atomic E-state index is -0.919. The summed E-state index contributed by atoms with van der Waals surface area (Å²) < 4.78 is 29.4. The molecule has 244 valence electrons. The molecule has 2 aromatic heterocycles. The normalized spacial score (nSPS) is 13.1. The van der Waals surface area contributed by atoms with Gasteiger partial charge < -0.3 is 38.9 Å². The zero-order valence-corrected chi connectivity index (χ0v) is 26.3. The average Bonchev–Trinajstić information content (AvgIpc) is 3.11. The van der Waals surface area contributed by atoms with Gasteiger partial charge in [0.05, 0.1) is 28.6 Å². The van der Waals surface area contributed by atoms with Crippen LogP contribution in [-0.2, 0) is 13.2 Å². The maximum absolute atomic E-state index is 11.7. The Bertz CT molecular complexity index is 2170. The van der Waals surface area contributed by atoms with Crippen LogP contribution < -0.4 is 29.9 Å². The van der Waals surface area contributed by atoms with Crippen LogP contribution in [0, 0.1) is 0 Å². The second kappa shape index (κ2) is 13.9. The predicted octanol–water partition coefficient (Wildman–Crippen LogP) is 5.64. The van der Waals surface area contributed by atoms with Gasteiger partial charge in [-0.25, -0.2) is 14.8 Å². The van der Waals surface area contributed by atoms with E-state index in [4.69, 9.17) is 35.0 Å². The number of para-hydroxylation sites is 1. The number of hydrogen-bond donors (Lipinski definition) is 3. The van der Waals surface area contributed by atoms with E-state index in [0.29, 0.717) is 69.2 Å². The average molecular weight is 668 g/mol. The van der Waals surface area contributed by atoms with E-state index in [2.05, 4.69) is 15.3 Å². The molecule has 6 aromatic rings. The van der Waals surface area contributed by atoms with E-state index in [-0.39, 0.29) is 26.3 Å². The first kappa shape index (κ1) is 31.4. The number of nitrogens with zero attached hydrogens (tertiary/aromatic N) is 2. The van der Waals surface area contributed by atoms with Crippen molar-refractivity contribution < 1.29 is 33.6 Å². The van der Waals surface area contributed by atoms with Gasteiger partial charge in [0.2, 0.25) is 5.88 Å². The first-order valence-electron chi connectivity index (χ1n) is 15.2. The molecule has 0 bridgehead atoms. The minimum absolute atomic E-state index is 0.150. The van der Waals surface area contributed by atoms with E-state index < -0.39 is 11.7 Å². The lowest BCUT2D eigenvalue weighted by molar-refractivity contribution is 0.0941. The van der Waals surface area contributed by atoms with Gasteiger partial charge in [-0.3, -0.25) is 0 Å². The fourth-order valence-corrected chi connectivity index (χ4v) is 5.64. The number of nitrogens with one attached hydrogen (secondary N) is 1. The quantitative estimate of drug-likeness (QED) is 0.148. The Morgan fingerprint density at radius 2 is 1.79 bits per heavy atom. The Balaban J connectivity index is 1.20. The van der Waals surface area contributed by atoms with Crippen molar-refractivity contribution in [1.82, 2.24) is 15.3 Å². The van der Waals surface area contributed by atoms with Crippen molar-refractivity contribution in [2.75, 3.05) is 26.4 Å². The number of aromatic nitrogens is 2. The Kier molecular flexibility index (Phi) is 9.08. The molecule has 7 rings (SSSR count). The third-order valence-electron chi connectivity index (χ3n) is 7.79. The molecule has 3 N–H and O–H groups in total. The maximum Gasteiger partial charge on any atom is 0.336 e. The van der Waals surface area contributed by atoms with Gasteiger partial charge in [-0.1, -0.05) is 41.9 Å². The molecule has 0 fully saturated rings. The third-order valence-corrected chi connectivity index (χ3v) is 8.09. The summed E-state index contributed by atoms with van der Waals surface area (Å²) in [5.41, 5.74) is 3.93. The van der Waals surface area contributed by atoms with Gasteiger partial charge in [-0.15, -0.1) is 0 Å². The second-order valence-corrected chi connectivity index (χ2v) is 11.5. The third kappa shape index (κ3) is 6.76. The van der Waals surface area contributed by atoms with Crippen molar-refractivity contribution in [3.63, 3.8) is 0 Å². The first-order chi connectivity index (χ1) is 23.4. The molecule has 0 radical (unpaired) electrons. The zero-order chi connectivity index (χ0) is 33.0. The molecule has 3 heterocycles. The minimum Gasteiger partial charge on any atom is -0.488 e. The lowest BCUT2D eigenvalue weighted by Crippen LogP contribution is -2.29. The lowest BCUT2D eigenvalue weighted by Gasteiger charge is -2.19. The van der Waals surface area contributed by atoms with Gasteiger partial charge in [0.25, 0.3) is 0 Å². The van der Waals surface area contributed by atoms with Crippen LogP contribution in [0.25, 0.3) is 33.0 Å². The molecule has 48 heavy (non-hydrogen) atoms. The number of halogens is 1. The largest absolute Gasteiger partial charge is 0.488 e. The highest BCUT2D eigenvalue weighted by atomic mass is 35.5. The van der Waals surface area contributed by atoms with Gasteiger partial charge in [0.15, 0.2) is 17.2 Å². The molecule has 0 aliphatic carbocycles. The van der Waals surface area contributed by atoms with E-state index in [9.17, 15) is 15.0 Å². The smallest absolute Gasteiger partial charge is 0.336 e. The molecular weight excluding hydrogens is 638 g/mol. The van der Waals surface area contributed by atoms with Gasteiger partial charge in [0.1, 0.15) is 37.5 Å². The molecule has 1 atom stereocenters. The summed E-state index contributed by atoms with van der Waals surface area (Å²) in [4.78, 5) is 20.8. The van der Waals surface area contributed by atoms with Crippen molar-refractivity contribution in [1.29, 1.82) is 0 Å². The molecule has 1 aliphatic rings. The summed E-state index contributed by atoms with van der Waals surface area (Å²) in [6.45, 7) is 1.22. The van der Waals surface area contributed by atoms with E-state index >= 15 is 0 Å². The summed E-state index contributed by atoms with van der Waals surface area (Å²) in [5.74, 6) is 2.44. The summed E-state index contributed by atoms with van der Waals surface area (Å²) in [6.07, 6.45) is 0.519. The molecule has 0 spiro atoms. The standard InChI is InChI=1S/C36H30ClN3O8/c37-28-13-24(16-38-17-25(42)18-41)30(46-19-21-4-5-22-7-9-34(43)47-31(22)12-21)15-32(28)48-36-27-3-1-2-26(35(27)39-20-40-36)23-6-8-29-33(14-23)45-11-10-44-29/h1-9,12-15,20,25,38,41-42H,10-11,16-19H2/t25-/m0/s1. The first-order valence-corrected chi connectivity index (χ1v) is 15.6. The molecule has 0 saturated carbocycles. The van der Waals surface area contributed by atoms with Crippen molar-refractivity contribution in [2.24, 2.45) is 0 Å². The molecule has 4 aromatic carbocycles. The summed E-state index contributed by atoms with van der Waals surface area (Å²) >= 11 is 6.75. The fraction of sp³-hybridized carbons (Fsp3) is 0.194. The van der Waals surface area contributed by atoms with Crippen molar-refractivity contribution >= 4 is 33.5 Å². The van der Waals surface area contributed by atoms with Gasteiger partial charge in [0, 0.05) is 41.7 Å². The monoisotopic (exact) mass is 667 g/mol. The summed E-state index contributed by atoms with van der Waals surface area (Å²) in [7, 11) is 0. The highest BCUT2D eigenvalue weighted by Crippen LogP contribution is 2.40. The van der Waals surface area contributed by atoms with Crippen LogP contribution in [0.2, 0.25) is 5.02 Å². The SMILES string of the molecule is O=c1ccc2ccc(COc3cc(Oc4ncnc5c(-c6ccc7c(c6)OCCO7)cccc45)c(Cl)cc3CNC[C@H](O)CO)cc2o1. The number of rotatable bonds is 11. The zero-order valence-electron chi connectivity index (χ0n) is 25.5. The van der Waals surface area contributed by atoms with Gasteiger partial charge in [-0.05, 0) is 47.5 Å². The van der Waals surface area contributed by atoms with Crippen LogP contribution in [-0.4, -0.2) is 52.7 Å². The Hall–Kier alpha value is -5.20. The molecule has 0 saturated heterocycles.